The van der Waals surface area contributed by atoms with Crippen molar-refractivity contribution in [3.63, 3.8) is 0 Å². The minimum Gasteiger partial charge on any atom is -0.354 e. The first-order valence-corrected chi connectivity index (χ1v) is 9.85. The third-order valence-electron chi connectivity index (χ3n) is 5.02. The highest BCUT2D eigenvalue weighted by atomic mass is 16.1. The molecule has 7 nitrogen and oxygen atoms in total. The third-order valence-corrected chi connectivity index (χ3v) is 5.02. The van der Waals surface area contributed by atoms with Crippen LogP contribution in [0, 0.1) is 11.3 Å². The zero-order valence-corrected chi connectivity index (χ0v) is 17.2. The van der Waals surface area contributed by atoms with Gasteiger partial charge in [-0.2, -0.15) is 5.26 Å². The first-order chi connectivity index (χ1) is 15.1. The lowest BCUT2D eigenvalue weighted by Crippen LogP contribution is -2.19. The van der Waals surface area contributed by atoms with Gasteiger partial charge in [0.25, 0.3) is 5.91 Å². The topological polar surface area (TPSA) is 107 Å². The molecule has 0 fully saturated rings. The molecule has 31 heavy (non-hydrogen) atoms. The summed E-state index contributed by atoms with van der Waals surface area (Å²) in [5, 5.41) is 12.7. The van der Waals surface area contributed by atoms with Crippen LogP contribution in [0.5, 0.6) is 0 Å². The van der Waals surface area contributed by atoms with E-state index in [-0.39, 0.29) is 5.57 Å². The van der Waals surface area contributed by atoms with E-state index in [1.54, 1.807) is 18.6 Å². The maximum atomic E-state index is 11.8. The molecular weight excluding hydrogens is 388 g/mol. The first kappa shape index (κ1) is 20.0. The zero-order chi connectivity index (χ0) is 21.8. The van der Waals surface area contributed by atoms with Crippen molar-refractivity contribution in [2.24, 2.45) is 0 Å². The second-order valence-corrected chi connectivity index (χ2v) is 6.95. The summed E-state index contributed by atoms with van der Waals surface area (Å²) < 4.78 is 0. The van der Waals surface area contributed by atoms with Crippen molar-refractivity contribution in [2.75, 3.05) is 7.05 Å². The molecule has 0 saturated heterocycles. The number of aryl methyl sites for hydroxylation is 1. The molecule has 4 rings (SSSR count). The van der Waals surface area contributed by atoms with Gasteiger partial charge in [0.05, 0.1) is 5.69 Å². The standard InChI is InChI=1S/C24H20N6O/c1-3-19-10-22(30-14-29-19)21-13-28-23-20(21)9-18(12-27-23)16-6-4-5-15(7-16)8-17(11-25)24(31)26-2/h4-10,12-14H,3H2,1-2H3,(H,26,31)(H,27,28)/b17-8+. The summed E-state index contributed by atoms with van der Waals surface area (Å²) in [6.07, 6.45) is 7.70. The lowest BCUT2D eigenvalue weighted by atomic mass is 10.0. The average molecular weight is 408 g/mol. The number of pyridine rings is 1. The van der Waals surface area contributed by atoms with E-state index < -0.39 is 5.91 Å². The highest BCUT2D eigenvalue weighted by Crippen LogP contribution is 2.30. The molecule has 3 aromatic heterocycles. The number of benzene rings is 1. The number of hydrogen-bond donors (Lipinski definition) is 2. The molecule has 4 aromatic rings. The fourth-order valence-electron chi connectivity index (χ4n) is 3.37. The minimum atomic E-state index is -0.413. The van der Waals surface area contributed by atoms with Gasteiger partial charge in [0.2, 0.25) is 0 Å². The fraction of sp³-hybridized carbons (Fsp3) is 0.125. The van der Waals surface area contributed by atoms with E-state index in [1.165, 1.54) is 7.05 Å². The number of carbonyl (C=O) groups is 1. The summed E-state index contributed by atoms with van der Waals surface area (Å²) in [5.74, 6) is -0.413. The number of H-pyrrole nitrogens is 1. The van der Waals surface area contributed by atoms with E-state index in [4.69, 9.17) is 0 Å². The third kappa shape index (κ3) is 4.05. The smallest absolute Gasteiger partial charge is 0.261 e. The van der Waals surface area contributed by atoms with Crippen LogP contribution in [-0.4, -0.2) is 32.9 Å². The van der Waals surface area contributed by atoms with Crippen LogP contribution in [0.3, 0.4) is 0 Å². The molecule has 0 aliphatic heterocycles. The highest BCUT2D eigenvalue weighted by molar-refractivity contribution is 6.01. The minimum absolute atomic E-state index is 0.0524. The predicted molar refractivity (Wildman–Crippen MR) is 120 cm³/mol. The number of carbonyl (C=O) groups excluding carboxylic acids is 1. The number of nitriles is 1. The molecule has 3 heterocycles. The van der Waals surface area contributed by atoms with Crippen LogP contribution in [0.1, 0.15) is 18.2 Å². The first-order valence-electron chi connectivity index (χ1n) is 9.85. The van der Waals surface area contributed by atoms with Gasteiger partial charge in [-0.1, -0.05) is 25.1 Å². The number of nitrogens with one attached hydrogen (secondary N) is 2. The van der Waals surface area contributed by atoms with Gasteiger partial charge in [0.15, 0.2) is 0 Å². The lowest BCUT2D eigenvalue weighted by molar-refractivity contribution is -0.116. The van der Waals surface area contributed by atoms with Gasteiger partial charge in [-0.05, 0) is 41.8 Å². The normalized spacial score (nSPS) is 11.3. The maximum absolute atomic E-state index is 11.8. The van der Waals surface area contributed by atoms with Crippen molar-refractivity contribution in [1.82, 2.24) is 25.3 Å². The SMILES string of the molecule is CCc1cc(-c2c[nH]c3ncc(-c4cccc(/C=C(\C#N)C(=O)NC)c4)cc23)ncn1. The molecule has 0 aliphatic carbocycles. The van der Waals surface area contributed by atoms with E-state index in [0.29, 0.717) is 0 Å². The summed E-state index contributed by atoms with van der Waals surface area (Å²) in [6, 6.07) is 13.6. The predicted octanol–water partition coefficient (Wildman–Crippen LogP) is 3.90. The van der Waals surface area contributed by atoms with Crippen molar-refractivity contribution in [3.8, 4) is 28.5 Å². The number of amides is 1. The molecule has 7 heteroatoms. The van der Waals surface area contributed by atoms with Crippen LogP contribution in [0.25, 0.3) is 39.5 Å². The number of rotatable bonds is 5. The zero-order valence-electron chi connectivity index (χ0n) is 17.2. The number of fused-ring (bicyclic) bond motifs is 1. The van der Waals surface area contributed by atoms with Gasteiger partial charge in [-0.15, -0.1) is 0 Å². The Bertz CT molecular complexity index is 1350. The summed E-state index contributed by atoms with van der Waals surface area (Å²) >= 11 is 0. The Morgan fingerprint density at radius 1 is 1.19 bits per heavy atom. The van der Waals surface area contributed by atoms with Crippen LogP contribution in [-0.2, 0) is 11.2 Å². The van der Waals surface area contributed by atoms with Crippen molar-refractivity contribution < 1.29 is 4.79 Å². The van der Waals surface area contributed by atoms with Gasteiger partial charge >= 0.3 is 0 Å². The largest absolute Gasteiger partial charge is 0.354 e. The second-order valence-electron chi connectivity index (χ2n) is 6.95. The van der Waals surface area contributed by atoms with Gasteiger partial charge in [0.1, 0.15) is 23.6 Å². The number of hydrogen-bond acceptors (Lipinski definition) is 5. The molecule has 0 radical (unpaired) electrons. The molecular formula is C24H20N6O. The average Bonchev–Trinajstić information content (AvgIpc) is 3.25. The van der Waals surface area contributed by atoms with Crippen LogP contribution < -0.4 is 5.32 Å². The molecule has 1 aromatic carbocycles. The molecule has 0 atom stereocenters. The van der Waals surface area contributed by atoms with Crippen molar-refractivity contribution in [2.45, 2.75) is 13.3 Å². The van der Waals surface area contributed by atoms with E-state index >= 15 is 0 Å². The Hall–Kier alpha value is -4.31. The van der Waals surface area contributed by atoms with Crippen molar-refractivity contribution in [3.05, 3.63) is 71.9 Å². The molecule has 2 N–H and O–H groups in total. The van der Waals surface area contributed by atoms with Gasteiger partial charge in [-0.25, -0.2) is 15.0 Å². The fourth-order valence-corrected chi connectivity index (χ4v) is 3.37. The van der Waals surface area contributed by atoms with E-state index in [1.807, 2.05) is 42.6 Å². The Kier molecular flexibility index (Phi) is 5.54. The van der Waals surface area contributed by atoms with E-state index in [0.717, 1.165) is 51.1 Å². The van der Waals surface area contributed by atoms with E-state index in [9.17, 15) is 10.1 Å². The summed E-state index contributed by atoms with van der Waals surface area (Å²) in [6.45, 7) is 2.06. The van der Waals surface area contributed by atoms with Crippen molar-refractivity contribution >= 4 is 23.0 Å². The number of aromatic nitrogens is 4. The number of likely N-dealkylation sites (N-methyl/N-ethyl adjacent to an activating group) is 1. The second kappa shape index (κ2) is 8.59. The number of aromatic amines is 1. The van der Waals surface area contributed by atoms with Crippen LogP contribution in [0.2, 0.25) is 0 Å². The molecule has 1 amide bonds. The molecule has 0 saturated carbocycles. The maximum Gasteiger partial charge on any atom is 0.261 e. The molecule has 0 aliphatic rings. The molecule has 0 unspecified atom stereocenters. The number of nitrogens with zero attached hydrogens (tertiary/aromatic N) is 4. The molecule has 0 bridgehead atoms. The van der Waals surface area contributed by atoms with Crippen molar-refractivity contribution in [1.29, 1.82) is 5.26 Å². The van der Waals surface area contributed by atoms with Crippen LogP contribution in [0.15, 0.2) is 60.7 Å². The lowest BCUT2D eigenvalue weighted by Gasteiger charge is -2.05. The Morgan fingerprint density at radius 2 is 2.06 bits per heavy atom. The molecule has 152 valence electrons. The summed E-state index contributed by atoms with van der Waals surface area (Å²) in [7, 11) is 1.50. The summed E-state index contributed by atoms with van der Waals surface area (Å²) in [5.41, 5.74) is 6.23. The quantitative estimate of drug-likeness (QED) is 0.385. The Balaban J connectivity index is 1.77. The highest BCUT2D eigenvalue weighted by Gasteiger charge is 2.12. The van der Waals surface area contributed by atoms with Crippen LogP contribution >= 0.6 is 0 Å². The van der Waals surface area contributed by atoms with Gasteiger partial charge < -0.3 is 10.3 Å². The van der Waals surface area contributed by atoms with Gasteiger partial charge in [-0.3, -0.25) is 4.79 Å². The Labute approximate surface area is 179 Å². The van der Waals surface area contributed by atoms with E-state index in [2.05, 4.69) is 38.2 Å². The summed E-state index contributed by atoms with van der Waals surface area (Å²) in [4.78, 5) is 28.3. The molecule has 0 spiro atoms. The monoisotopic (exact) mass is 408 g/mol. The Morgan fingerprint density at radius 3 is 2.84 bits per heavy atom. The van der Waals surface area contributed by atoms with Gasteiger partial charge in [0, 0.05) is 41.6 Å². The van der Waals surface area contributed by atoms with Crippen LogP contribution in [0.4, 0.5) is 0 Å².